The second-order valence-corrected chi connectivity index (χ2v) is 1.52. The standard InChI is InChI=1S/C6H11NO2.C2H6/c1-4-5-6(8)7(2)9-3;1-2/h4-5H,1-3H3;1-2H3/b5-4-;. The van der Waals surface area contributed by atoms with E-state index in [1.807, 2.05) is 13.8 Å². The minimum absolute atomic E-state index is 0.153. The second kappa shape index (κ2) is 9.17. The van der Waals surface area contributed by atoms with E-state index in [9.17, 15) is 4.79 Å². The number of hydrogen-bond donors (Lipinski definition) is 0. The Morgan fingerprint density at radius 2 is 1.91 bits per heavy atom. The summed E-state index contributed by atoms with van der Waals surface area (Å²) in [7, 11) is 3.00. The summed E-state index contributed by atoms with van der Waals surface area (Å²) >= 11 is 0. The quantitative estimate of drug-likeness (QED) is 0.452. The van der Waals surface area contributed by atoms with Crippen molar-refractivity contribution in [2.24, 2.45) is 0 Å². The highest BCUT2D eigenvalue weighted by molar-refractivity contribution is 5.86. The number of hydroxylamine groups is 2. The Bertz CT molecular complexity index is 121. The van der Waals surface area contributed by atoms with Crippen LogP contribution in [0.1, 0.15) is 20.8 Å². The molecule has 0 aliphatic carbocycles. The number of amides is 1. The third-order valence-electron chi connectivity index (χ3n) is 0.893. The minimum atomic E-state index is -0.153. The summed E-state index contributed by atoms with van der Waals surface area (Å²) in [5.74, 6) is -0.153. The Labute approximate surface area is 68.6 Å². The summed E-state index contributed by atoms with van der Waals surface area (Å²) in [5.41, 5.74) is 0. The van der Waals surface area contributed by atoms with Crippen LogP contribution in [0.25, 0.3) is 0 Å². The van der Waals surface area contributed by atoms with Crippen molar-refractivity contribution >= 4 is 5.91 Å². The van der Waals surface area contributed by atoms with Gasteiger partial charge in [-0.05, 0) is 6.92 Å². The van der Waals surface area contributed by atoms with Gasteiger partial charge in [-0.2, -0.15) is 0 Å². The van der Waals surface area contributed by atoms with E-state index in [1.54, 1.807) is 20.0 Å². The van der Waals surface area contributed by atoms with Crippen molar-refractivity contribution in [1.82, 2.24) is 5.06 Å². The molecule has 0 bridgehead atoms. The maximum absolute atomic E-state index is 10.7. The zero-order valence-corrected chi connectivity index (χ0v) is 7.92. The first kappa shape index (κ1) is 12.8. The fourth-order valence-electron chi connectivity index (χ4n) is 0.338. The Kier molecular flexibility index (Phi) is 10.7. The van der Waals surface area contributed by atoms with Crippen LogP contribution < -0.4 is 0 Å². The second-order valence-electron chi connectivity index (χ2n) is 1.52. The molecule has 1 amide bonds. The van der Waals surface area contributed by atoms with Gasteiger partial charge in [0.05, 0.1) is 7.11 Å². The summed E-state index contributed by atoms with van der Waals surface area (Å²) in [5, 5.41) is 1.15. The number of allylic oxidation sites excluding steroid dienone is 1. The van der Waals surface area contributed by atoms with Crippen LogP contribution in [-0.4, -0.2) is 25.1 Å². The first-order valence-electron chi connectivity index (χ1n) is 3.67. The molecule has 0 fully saturated rings. The van der Waals surface area contributed by atoms with Gasteiger partial charge >= 0.3 is 0 Å². The first-order valence-corrected chi connectivity index (χ1v) is 3.67. The van der Waals surface area contributed by atoms with Gasteiger partial charge in [-0.25, -0.2) is 5.06 Å². The number of carbonyl (C=O) groups is 1. The molecule has 0 aliphatic rings. The highest BCUT2D eigenvalue weighted by Crippen LogP contribution is 1.84. The largest absolute Gasteiger partial charge is 0.274 e. The lowest BCUT2D eigenvalue weighted by molar-refractivity contribution is -0.162. The van der Waals surface area contributed by atoms with Gasteiger partial charge in [0.2, 0.25) is 0 Å². The van der Waals surface area contributed by atoms with Gasteiger partial charge < -0.3 is 0 Å². The van der Waals surface area contributed by atoms with Gasteiger partial charge in [0.1, 0.15) is 0 Å². The fraction of sp³-hybridized carbons (Fsp3) is 0.625. The molecule has 11 heavy (non-hydrogen) atoms. The Morgan fingerprint density at radius 1 is 1.45 bits per heavy atom. The minimum Gasteiger partial charge on any atom is -0.274 e. The molecular formula is C8H17NO2. The third kappa shape index (κ3) is 7.06. The van der Waals surface area contributed by atoms with Crippen molar-refractivity contribution in [2.75, 3.05) is 14.2 Å². The van der Waals surface area contributed by atoms with Gasteiger partial charge in [-0.3, -0.25) is 9.63 Å². The van der Waals surface area contributed by atoms with Crippen molar-refractivity contribution in [3.8, 4) is 0 Å². The summed E-state index contributed by atoms with van der Waals surface area (Å²) in [6, 6.07) is 0. The number of rotatable bonds is 2. The van der Waals surface area contributed by atoms with Crippen molar-refractivity contribution in [3.63, 3.8) is 0 Å². The Hall–Kier alpha value is -0.830. The van der Waals surface area contributed by atoms with E-state index in [1.165, 1.54) is 13.2 Å². The summed E-state index contributed by atoms with van der Waals surface area (Å²) in [6.07, 6.45) is 3.10. The van der Waals surface area contributed by atoms with Crippen LogP contribution in [0.15, 0.2) is 12.2 Å². The smallest absolute Gasteiger partial charge is 0.269 e. The molecule has 0 unspecified atom stereocenters. The molecule has 0 aromatic heterocycles. The van der Waals surface area contributed by atoms with Crippen LogP contribution in [0.4, 0.5) is 0 Å². The van der Waals surface area contributed by atoms with Crippen LogP contribution in [0.3, 0.4) is 0 Å². The molecule has 66 valence electrons. The zero-order chi connectivity index (χ0) is 9.28. The molecule has 0 aliphatic heterocycles. The average Bonchev–Trinajstić information content (AvgIpc) is 2.07. The lowest BCUT2D eigenvalue weighted by Crippen LogP contribution is -2.22. The molecule has 0 aromatic carbocycles. The zero-order valence-electron chi connectivity index (χ0n) is 7.92. The fourth-order valence-corrected chi connectivity index (χ4v) is 0.338. The highest BCUT2D eigenvalue weighted by Gasteiger charge is 1.99. The lowest BCUT2D eigenvalue weighted by atomic mass is 10.5. The molecule has 0 saturated heterocycles. The molecule has 0 N–H and O–H groups in total. The van der Waals surface area contributed by atoms with Gasteiger partial charge in [0.15, 0.2) is 0 Å². The Balaban J connectivity index is 0. The van der Waals surface area contributed by atoms with E-state index in [0.29, 0.717) is 0 Å². The van der Waals surface area contributed by atoms with Crippen LogP contribution in [0.5, 0.6) is 0 Å². The van der Waals surface area contributed by atoms with E-state index >= 15 is 0 Å². The summed E-state index contributed by atoms with van der Waals surface area (Å²) < 4.78 is 0. The lowest BCUT2D eigenvalue weighted by Gasteiger charge is -2.09. The van der Waals surface area contributed by atoms with Crippen molar-refractivity contribution in [2.45, 2.75) is 20.8 Å². The van der Waals surface area contributed by atoms with Crippen molar-refractivity contribution in [3.05, 3.63) is 12.2 Å². The number of carbonyl (C=O) groups excluding carboxylic acids is 1. The van der Waals surface area contributed by atoms with Gasteiger partial charge in [-0.1, -0.05) is 19.9 Å². The molecule has 0 heterocycles. The van der Waals surface area contributed by atoms with Crippen LogP contribution in [-0.2, 0) is 9.63 Å². The molecule has 0 saturated carbocycles. The van der Waals surface area contributed by atoms with Crippen molar-refractivity contribution < 1.29 is 9.63 Å². The topological polar surface area (TPSA) is 29.5 Å². The predicted molar refractivity (Wildman–Crippen MR) is 45.9 cm³/mol. The van der Waals surface area contributed by atoms with E-state index in [-0.39, 0.29) is 5.91 Å². The predicted octanol–water partition coefficient (Wildman–Crippen LogP) is 1.61. The monoisotopic (exact) mass is 159 g/mol. The summed E-state index contributed by atoms with van der Waals surface area (Å²) in [4.78, 5) is 15.3. The average molecular weight is 159 g/mol. The molecule has 0 atom stereocenters. The Morgan fingerprint density at radius 3 is 2.18 bits per heavy atom. The first-order chi connectivity index (χ1) is 5.22. The van der Waals surface area contributed by atoms with Crippen molar-refractivity contribution in [1.29, 1.82) is 0 Å². The molecule has 3 heteroatoms. The molecule has 3 nitrogen and oxygen atoms in total. The maximum atomic E-state index is 10.7. The molecule has 0 spiro atoms. The third-order valence-corrected chi connectivity index (χ3v) is 0.893. The number of hydrogen-bond acceptors (Lipinski definition) is 2. The molecule has 0 radical (unpaired) electrons. The molecular weight excluding hydrogens is 142 g/mol. The van der Waals surface area contributed by atoms with Gasteiger partial charge in [0, 0.05) is 13.1 Å². The highest BCUT2D eigenvalue weighted by atomic mass is 16.7. The van der Waals surface area contributed by atoms with E-state index in [0.717, 1.165) is 5.06 Å². The number of likely N-dealkylation sites (N-methyl/N-ethyl adjacent to an activating group) is 1. The van der Waals surface area contributed by atoms with E-state index in [2.05, 4.69) is 4.84 Å². The number of nitrogens with zero attached hydrogens (tertiary/aromatic N) is 1. The SMILES string of the molecule is C/C=C\C(=O)N(C)OC.CC. The van der Waals surface area contributed by atoms with E-state index < -0.39 is 0 Å². The summed E-state index contributed by atoms with van der Waals surface area (Å²) in [6.45, 7) is 5.78. The maximum Gasteiger partial charge on any atom is 0.269 e. The molecule has 0 aromatic rings. The van der Waals surface area contributed by atoms with Crippen LogP contribution >= 0.6 is 0 Å². The normalized spacial score (nSPS) is 8.82. The van der Waals surface area contributed by atoms with Crippen LogP contribution in [0.2, 0.25) is 0 Å². The van der Waals surface area contributed by atoms with E-state index in [4.69, 9.17) is 0 Å². The van der Waals surface area contributed by atoms with Crippen LogP contribution in [0, 0.1) is 0 Å². The molecule has 0 rings (SSSR count). The van der Waals surface area contributed by atoms with Gasteiger partial charge in [-0.15, -0.1) is 0 Å². The van der Waals surface area contributed by atoms with Gasteiger partial charge in [0.25, 0.3) is 5.91 Å².